The summed E-state index contributed by atoms with van der Waals surface area (Å²) in [5, 5.41) is 3.61. The van der Waals surface area contributed by atoms with Crippen molar-refractivity contribution in [2.45, 2.75) is 19.4 Å². The summed E-state index contributed by atoms with van der Waals surface area (Å²) in [7, 11) is 0. The predicted octanol–water partition coefficient (Wildman–Crippen LogP) is 5.47. The van der Waals surface area contributed by atoms with Crippen LogP contribution < -0.4 is 5.32 Å². The molecule has 0 aliphatic rings. The van der Waals surface area contributed by atoms with Crippen LogP contribution in [0.1, 0.15) is 30.5 Å². The van der Waals surface area contributed by atoms with Gasteiger partial charge >= 0.3 is 0 Å². The number of hydrogen-bond donors (Lipinski definition) is 1. The van der Waals surface area contributed by atoms with Crippen LogP contribution >= 0.6 is 27.5 Å². The molecular weight excluding hydrogens is 360 g/mol. The molecule has 21 heavy (non-hydrogen) atoms. The molecule has 0 saturated heterocycles. The largest absolute Gasteiger partial charge is 0.306 e. The van der Waals surface area contributed by atoms with Gasteiger partial charge in [-0.1, -0.05) is 30.7 Å². The van der Waals surface area contributed by atoms with E-state index in [1.165, 1.54) is 12.1 Å². The summed E-state index contributed by atoms with van der Waals surface area (Å²) in [6, 6.07) is 8.81. The molecular formula is C16H15BrClF2N. The van der Waals surface area contributed by atoms with E-state index in [-0.39, 0.29) is 11.6 Å². The van der Waals surface area contributed by atoms with Crippen molar-refractivity contribution in [2.75, 3.05) is 6.54 Å². The molecule has 0 spiro atoms. The molecule has 0 fully saturated rings. The van der Waals surface area contributed by atoms with Gasteiger partial charge in [-0.05, 0) is 58.7 Å². The van der Waals surface area contributed by atoms with Crippen LogP contribution in [0.2, 0.25) is 5.02 Å². The number of halogens is 4. The minimum absolute atomic E-state index is 0.343. The zero-order valence-electron chi connectivity index (χ0n) is 11.5. The molecule has 1 atom stereocenters. The third-order valence-electron chi connectivity index (χ3n) is 3.16. The summed E-state index contributed by atoms with van der Waals surface area (Å²) in [5.74, 6) is -0.732. The maximum Gasteiger partial charge on any atom is 0.137 e. The molecule has 0 aliphatic carbocycles. The Balaban J connectivity index is 2.49. The van der Waals surface area contributed by atoms with Crippen LogP contribution in [0.25, 0.3) is 0 Å². The van der Waals surface area contributed by atoms with Crippen LogP contribution in [-0.4, -0.2) is 6.54 Å². The molecule has 5 heteroatoms. The van der Waals surface area contributed by atoms with Crippen LogP contribution in [-0.2, 0) is 0 Å². The molecule has 0 saturated carbocycles. The molecule has 0 amide bonds. The molecule has 0 radical (unpaired) electrons. The number of hydrogen-bond acceptors (Lipinski definition) is 1. The van der Waals surface area contributed by atoms with E-state index in [2.05, 4.69) is 21.2 Å². The van der Waals surface area contributed by atoms with E-state index in [9.17, 15) is 8.78 Å². The summed E-state index contributed by atoms with van der Waals surface area (Å²) in [6.07, 6.45) is 0.894. The zero-order chi connectivity index (χ0) is 15.4. The first kappa shape index (κ1) is 16.4. The molecule has 1 unspecified atom stereocenters. The standard InChI is InChI=1S/C16H15BrClF2N/c1-2-8-21-16(10-6-7-13(19)11(17)9-10)15-12(18)4-3-5-14(15)20/h3-7,9,16,21H,2,8H2,1H3. The van der Waals surface area contributed by atoms with Crippen molar-refractivity contribution in [3.05, 3.63) is 68.7 Å². The van der Waals surface area contributed by atoms with E-state index in [1.807, 2.05) is 6.92 Å². The number of rotatable bonds is 5. The molecule has 2 rings (SSSR count). The fraction of sp³-hybridized carbons (Fsp3) is 0.250. The second kappa shape index (κ2) is 7.34. The summed E-state index contributed by atoms with van der Waals surface area (Å²) < 4.78 is 27.9. The Hall–Kier alpha value is -0.970. The Morgan fingerprint density at radius 1 is 1.19 bits per heavy atom. The fourth-order valence-electron chi connectivity index (χ4n) is 2.15. The second-order valence-corrected chi connectivity index (χ2v) is 5.96. The first-order valence-electron chi connectivity index (χ1n) is 6.66. The average molecular weight is 375 g/mol. The topological polar surface area (TPSA) is 12.0 Å². The third kappa shape index (κ3) is 3.82. The molecule has 0 aromatic heterocycles. The maximum absolute atomic E-state index is 14.2. The van der Waals surface area contributed by atoms with Crippen molar-refractivity contribution in [1.82, 2.24) is 5.32 Å². The van der Waals surface area contributed by atoms with Gasteiger partial charge in [0.2, 0.25) is 0 Å². The highest BCUT2D eigenvalue weighted by Gasteiger charge is 2.21. The highest BCUT2D eigenvalue weighted by Crippen LogP contribution is 2.32. The van der Waals surface area contributed by atoms with Gasteiger partial charge in [0, 0.05) is 10.6 Å². The zero-order valence-corrected chi connectivity index (χ0v) is 13.8. The van der Waals surface area contributed by atoms with Crippen LogP contribution in [0.15, 0.2) is 40.9 Å². The van der Waals surface area contributed by atoms with Crippen LogP contribution in [0.4, 0.5) is 8.78 Å². The van der Waals surface area contributed by atoms with Gasteiger partial charge in [0.15, 0.2) is 0 Å². The van der Waals surface area contributed by atoms with Gasteiger partial charge < -0.3 is 5.32 Å². The highest BCUT2D eigenvalue weighted by molar-refractivity contribution is 9.10. The van der Waals surface area contributed by atoms with Gasteiger partial charge in [-0.25, -0.2) is 8.78 Å². The van der Waals surface area contributed by atoms with Crippen molar-refractivity contribution in [3.8, 4) is 0 Å². The smallest absolute Gasteiger partial charge is 0.137 e. The van der Waals surface area contributed by atoms with Gasteiger partial charge in [-0.2, -0.15) is 0 Å². The van der Waals surface area contributed by atoms with Gasteiger partial charge in [0.1, 0.15) is 11.6 Å². The molecule has 0 bridgehead atoms. The Morgan fingerprint density at radius 3 is 2.57 bits per heavy atom. The van der Waals surface area contributed by atoms with Crippen LogP contribution in [0.3, 0.4) is 0 Å². The lowest BCUT2D eigenvalue weighted by molar-refractivity contribution is 0.545. The summed E-state index contributed by atoms with van der Waals surface area (Å²) >= 11 is 9.32. The first-order chi connectivity index (χ1) is 10.0. The maximum atomic E-state index is 14.2. The quantitative estimate of drug-likeness (QED) is 0.732. The highest BCUT2D eigenvalue weighted by atomic mass is 79.9. The SMILES string of the molecule is CCCNC(c1ccc(F)c(Br)c1)c1c(F)cccc1Cl. The average Bonchev–Trinajstić information content (AvgIpc) is 2.45. The molecule has 2 aromatic carbocycles. The van der Waals surface area contributed by atoms with Crippen molar-refractivity contribution in [1.29, 1.82) is 0 Å². The number of benzene rings is 2. The summed E-state index contributed by atoms with van der Waals surface area (Å²) in [5.41, 5.74) is 1.13. The monoisotopic (exact) mass is 373 g/mol. The molecule has 112 valence electrons. The van der Waals surface area contributed by atoms with Crippen molar-refractivity contribution < 1.29 is 8.78 Å². The Bertz CT molecular complexity index is 613. The van der Waals surface area contributed by atoms with E-state index in [4.69, 9.17) is 11.6 Å². The minimum atomic E-state index is -0.421. The Kier molecular flexibility index (Phi) is 5.73. The fourth-order valence-corrected chi connectivity index (χ4v) is 2.82. The van der Waals surface area contributed by atoms with Gasteiger partial charge in [-0.15, -0.1) is 0 Å². The summed E-state index contributed by atoms with van der Waals surface area (Å²) in [6.45, 7) is 2.72. The molecule has 1 nitrogen and oxygen atoms in total. The van der Waals surface area contributed by atoms with E-state index < -0.39 is 6.04 Å². The van der Waals surface area contributed by atoms with E-state index >= 15 is 0 Å². The Labute approximate surface area is 136 Å². The molecule has 2 aromatic rings. The van der Waals surface area contributed by atoms with Gasteiger partial charge in [0.05, 0.1) is 10.5 Å². The minimum Gasteiger partial charge on any atom is -0.306 e. The Morgan fingerprint density at radius 2 is 1.95 bits per heavy atom. The van der Waals surface area contributed by atoms with Gasteiger partial charge in [0.25, 0.3) is 0 Å². The third-order valence-corrected chi connectivity index (χ3v) is 4.10. The van der Waals surface area contributed by atoms with E-state index in [1.54, 1.807) is 24.3 Å². The number of nitrogens with one attached hydrogen (secondary N) is 1. The first-order valence-corrected chi connectivity index (χ1v) is 7.84. The van der Waals surface area contributed by atoms with E-state index in [0.29, 0.717) is 21.6 Å². The van der Waals surface area contributed by atoms with Crippen molar-refractivity contribution >= 4 is 27.5 Å². The van der Waals surface area contributed by atoms with E-state index in [0.717, 1.165) is 12.0 Å². The summed E-state index contributed by atoms with van der Waals surface area (Å²) in [4.78, 5) is 0. The van der Waals surface area contributed by atoms with Crippen molar-refractivity contribution in [3.63, 3.8) is 0 Å². The lowest BCUT2D eigenvalue weighted by atomic mass is 9.98. The molecule has 0 aliphatic heterocycles. The lowest BCUT2D eigenvalue weighted by Gasteiger charge is -2.21. The van der Waals surface area contributed by atoms with Crippen LogP contribution in [0.5, 0.6) is 0 Å². The molecule has 0 heterocycles. The normalized spacial score (nSPS) is 12.4. The van der Waals surface area contributed by atoms with Gasteiger partial charge in [-0.3, -0.25) is 0 Å². The lowest BCUT2D eigenvalue weighted by Crippen LogP contribution is -2.24. The van der Waals surface area contributed by atoms with Crippen molar-refractivity contribution in [2.24, 2.45) is 0 Å². The second-order valence-electron chi connectivity index (χ2n) is 4.70. The predicted molar refractivity (Wildman–Crippen MR) is 85.6 cm³/mol. The van der Waals surface area contributed by atoms with Crippen LogP contribution in [0, 0.1) is 11.6 Å². The molecule has 1 N–H and O–H groups in total.